The van der Waals surface area contributed by atoms with Crippen molar-refractivity contribution in [3.05, 3.63) is 110 Å². The summed E-state index contributed by atoms with van der Waals surface area (Å²) in [6.07, 6.45) is 1.30. The zero-order valence-electron chi connectivity index (χ0n) is 38.3. The summed E-state index contributed by atoms with van der Waals surface area (Å²) in [6.45, 7) is 3.75. The Labute approximate surface area is 418 Å². The van der Waals surface area contributed by atoms with Crippen LogP contribution in [0.1, 0.15) is 93.0 Å². The second kappa shape index (κ2) is 21.8. The third-order valence-electron chi connectivity index (χ3n) is 13.6. The van der Waals surface area contributed by atoms with Gasteiger partial charge in [0, 0.05) is 58.0 Å². The zero-order valence-corrected chi connectivity index (χ0v) is 40.7. The molecule has 4 fully saturated rings. The average molecular weight is 1040 g/mol. The standard InChI is InChI=1S/C25H24F3N5OS.C17H21N3O.C8H4ClF3N2S/c26-25(27,28)13-19-11-20-21(30-15-31-23(20)35-19)33-10-8-24(14-33)7-5-18(12-24)32-22(34)17-3-1-16(2-4-17)6-9-29;18-9-6-13-1-3-14(4-2-13)16(21)20-15-5-7-17(11-15)8-10-19-12-17;9-6-5-1-4(2-8(10,11)12)15-7(5)14-3-13-6/h1-4,11,15,18H,5-8,10,12-14H2,(H,32,34);1-4,15,19H,5-8,10-12H2,(H,20,21);1,3H,2H2. The number of aromatic nitrogens is 4. The number of alkyl halides is 6. The fourth-order valence-electron chi connectivity index (χ4n) is 10.2. The van der Waals surface area contributed by atoms with Crippen LogP contribution in [0.4, 0.5) is 32.2 Å². The van der Waals surface area contributed by atoms with E-state index in [0.29, 0.717) is 61.7 Å². The normalized spacial score (nSPS) is 21.7. The second-order valence-corrected chi connectivity index (χ2v) is 21.4. The van der Waals surface area contributed by atoms with Crippen molar-refractivity contribution in [2.45, 2.75) is 101 Å². The van der Waals surface area contributed by atoms with Crippen LogP contribution < -0.4 is 20.9 Å². The molecule has 2 spiro atoms. The molecule has 10 rings (SSSR count). The molecule has 0 radical (unpaired) electrons. The molecule has 2 saturated heterocycles. The Kier molecular flexibility index (Phi) is 15.8. The number of hydrogen-bond donors (Lipinski definition) is 3. The SMILES string of the molecule is FC(F)(F)Cc1cc2c(Cl)ncnc2s1.N#CCc1ccc(C(=O)NC2CCC3(CCN(c4ncnc5sc(CC(F)(F)F)cc45)C3)C2)cc1.N#CCc1ccc(C(=O)NC2CCC3(CCNC3)C2)cc1. The molecule has 4 aromatic heterocycles. The molecule has 0 bridgehead atoms. The molecule has 6 aromatic rings. The number of nitrogens with one attached hydrogen (secondary N) is 3. The van der Waals surface area contributed by atoms with Crippen LogP contribution >= 0.6 is 34.3 Å². The lowest BCUT2D eigenvalue weighted by atomic mass is 9.85. The van der Waals surface area contributed by atoms with Crippen molar-refractivity contribution < 1.29 is 35.9 Å². The Morgan fingerprint density at radius 2 is 1.23 bits per heavy atom. The number of benzene rings is 2. The number of nitriles is 2. The lowest BCUT2D eigenvalue weighted by Gasteiger charge is -2.25. The maximum Gasteiger partial charge on any atom is 0.393 e. The van der Waals surface area contributed by atoms with Crippen LogP contribution in [0.25, 0.3) is 20.4 Å². The van der Waals surface area contributed by atoms with E-state index < -0.39 is 25.2 Å². The van der Waals surface area contributed by atoms with E-state index in [0.717, 1.165) is 98.5 Å². The van der Waals surface area contributed by atoms with Gasteiger partial charge in [-0.05, 0) is 116 Å². The minimum absolute atomic E-state index is 0.00603. The minimum atomic E-state index is -4.26. The van der Waals surface area contributed by atoms with Crippen LogP contribution in [-0.2, 0) is 25.7 Å². The van der Waals surface area contributed by atoms with Crippen molar-refractivity contribution >= 4 is 72.3 Å². The highest BCUT2D eigenvalue weighted by Gasteiger charge is 2.45. The van der Waals surface area contributed by atoms with E-state index in [1.165, 1.54) is 31.6 Å². The first-order chi connectivity index (χ1) is 33.9. The molecule has 21 heteroatoms. The molecule has 4 atom stereocenters. The number of nitrogens with zero attached hydrogens (tertiary/aromatic N) is 7. The first-order valence-electron chi connectivity index (χ1n) is 23.1. The molecule has 2 saturated carbocycles. The third-order valence-corrected chi connectivity index (χ3v) is 16.0. The second-order valence-electron chi connectivity index (χ2n) is 18.8. The number of amides is 2. The van der Waals surface area contributed by atoms with E-state index in [1.807, 2.05) is 24.3 Å². The zero-order chi connectivity index (χ0) is 50.4. The number of carbonyl (C=O) groups is 2. The van der Waals surface area contributed by atoms with Gasteiger partial charge in [-0.3, -0.25) is 9.59 Å². The highest BCUT2D eigenvalue weighted by Crippen LogP contribution is 2.48. The van der Waals surface area contributed by atoms with Gasteiger partial charge in [0.1, 0.15) is 33.3 Å². The van der Waals surface area contributed by atoms with Crippen molar-refractivity contribution in [2.24, 2.45) is 10.8 Å². The Morgan fingerprint density at radius 3 is 1.73 bits per heavy atom. The molecule has 2 aromatic carbocycles. The summed E-state index contributed by atoms with van der Waals surface area (Å²) in [4.78, 5) is 44.8. The predicted molar refractivity (Wildman–Crippen MR) is 260 cm³/mol. The summed E-state index contributed by atoms with van der Waals surface area (Å²) < 4.78 is 74.9. The van der Waals surface area contributed by atoms with Gasteiger partial charge in [-0.15, -0.1) is 22.7 Å². The summed E-state index contributed by atoms with van der Waals surface area (Å²) in [5, 5.41) is 28.5. The summed E-state index contributed by atoms with van der Waals surface area (Å²) in [5.41, 5.74) is 3.57. The van der Waals surface area contributed by atoms with Crippen molar-refractivity contribution in [2.75, 3.05) is 31.1 Å². The number of carbonyl (C=O) groups excluding carboxylic acids is 2. The minimum Gasteiger partial charge on any atom is -0.355 e. The largest absolute Gasteiger partial charge is 0.393 e. The van der Waals surface area contributed by atoms with Crippen LogP contribution in [0, 0.1) is 33.5 Å². The molecule has 3 N–H and O–H groups in total. The van der Waals surface area contributed by atoms with E-state index in [4.69, 9.17) is 22.1 Å². The lowest BCUT2D eigenvalue weighted by molar-refractivity contribution is -0.127. The molecule has 372 valence electrons. The maximum atomic E-state index is 12.9. The van der Waals surface area contributed by atoms with Crippen molar-refractivity contribution in [3.8, 4) is 12.1 Å². The number of rotatable bonds is 9. The number of hydrogen-bond acceptors (Lipinski definition) is 12. The van der Waals surface area contributed by atoms with E-state index in [9.17, 15) is 35.9 Å². The summed E-state index contributed by atoms with van der Waals surface area (Å²) in [6, 6.07) is 22.0. The van der Waals surface area contributed by atoms with Gasteiger partial charge in [0.2, 0.25) is 0 Å². The summed E-state index contributed by atoms with van der Waals surface area (Å²) in [7, 11) is 0. The van der Waals surface area contributed by atoms with Crippen LogP contribution in [0.15, 0.2) is 73.3 Å². The number of fused-ring (bicyclic) bond motifs is 2. The average Bonchev–Trinajstić information content (AvgIpc) is 4.20. The summed E-state index contributed by atoms with van der Waals surface area (Å²) in [5.74, 6) is 0.589. The molecular weight excluding hydrogens is 986 g/mol. The van der Waals surface area contributed by atoms with E-state index in [-0.39, 0.29) is 38.2 Å². The monoisotopic (exact) mass is 1030 g/mol. The molecule has 6 heterocycles. The molecule has 2 aliphatic carbocycles. The fourth-order valence-corrected chi connectivity index (χ4v) is 12.5. The van der Waals surface area contributed by atoms with Gasteiger partial charge in [0.05, 0.1) is 43.2 Å². The smallest absolute Gasteiger partial charge is 0.355 e. The predicted octanol–water partition coefficient (Wildman–Crippen LogP) is 10.5. The Hall–Kier alpha value is -5.93. The Balaban J connectivity index is 0.000000159. The Morgan fingerprint density at radius 1 is 0.718 bits per heavy atom. The van der Waals surface area contributed by atoms with Crippen LogP contribution in [0.2, 0.25) is 5.15 Å². The first kappa shape index (κ1) is 51.4. The Bertz CT molecular complexity index is 2930. The van der Waals surface area contributed by atoms with E-state index in [1.54, 1.807) is 30.3 Å². The molecular formula is C50H49ClF6N10O2S2. The van der Waals surface area contributed by atoms with Gasteiger partial charge < -0.3 is 20.9 Å². The maximum absolute atomic E-state index is 12.9. The van der Waals surface area contributed by atoms with Crippen molar-refractivity contribution in [1.29, 1.82) is 10.5 Å². The van der Waals surface area contributed by atoms with Crippen molar-refractivity contribution in [3.63, 3.8) is 0 Å². The van der Waals surface area contributed by atoms with Crippen molar-refractivity contribution in [1.82, 2.24) is 35.9 Å². The molecule has 12 nitrogen and oxygen atoms in total. The van der Waals surface area contributed by atoms with Gasteiger partial charge in [-0.2, -0.15) is 36.9 Å². The van der Waals surface area contributed by atoms with Crippen LogP contribution in [-0.4, -0.2) is 82.4 Å². The van der Waals surface area contributed by atoms with Crippen LogP contribution in [0.3, 0.4) is 0 Å². The van der Waals surface area contributed by atoms with Gasteiger partial charge >= 0.3 is 12.4 Å². The lowest BCUT2D eigenvalue weighted by Crippen LogP contribution is -2.34. The highest BCUT2D eigenvalue weighted by atomic mass is 35.5. The molecule has 4 aliphatic rings. The number of thiophene rings is 2. The van der Waals surface area contributed by atoms with Crippen LogP contribution in [0.5, 0.6) is 0 Å². The highest BCUT2D eigenvalue weighted by molar-refractivity contribution is 7.19. The van der Waals surface area contributed by atoms with E-state index in [2.05, 4.69) is 52.9 Å². The van der Waals surface area contributed by atoms with Gasteiger partial charge in [0.15, 0.2) is 0 Å². The molecule has 4 unspecified atom stereocenters. The molecule has 2 aliphatic heterocycles. The van der Waals surface area contributed by atoms with Gasteiger partial charge in [0.25, 0.3) is 11.8 Å². The number of halogens is 7. The third kappa shape index (κ3) is 13.3. The van der Waals surface area contributed by atoms with Gasteiger partial charge in [-0.25, -0.2) is 19.9 Å². The quantitative estimate of drug-likeness (QED) is 0.0935. The van der Waals surface area contributed by atoms with Gasteiger partial charge in [-0.1, -0.05) is 35.9 Å². The summed E-state index contributed by atoms with van der Waals surface area (Å²) >= 11 is 7.77. The topological polar surface area (TPSA) is 173 Å². The molecule has 71 heavy (non-hydrogen) atoms. The van der Waals surface area contributed by atoms with E-state index >= 15 is 0 Å². The first-order valence-corrected chi connectivity index (χ1v) is 25.2. The number of anilines is 1. The fraction of sp³-hybridized carbons (Fsp3) is 0.440. The molecule has 2 amide bonds.